The van der Waals surface area contributed by atoms with Crippen LogP contribution in [0.25, 0.3) is 10.8 Å². The highest BCUT2D eigenvalue weighted by atomic mass is 16.4. The summed E-state index contributed by atoms with van der Waals surface area (Å²) in [6.45, 7) is 6.04. The Hall–Kier alpha value is -2.24. The zero-order chi connectivity index (χ0) is 17.3. The average molecular weight is 348 g/mol. The van der Waals surface area contributed by atoms with E-state index < -0.39 is 0 Å². The Morgan fingerprint density at radius 3 is 2.38 bits per heavy atom. The van der Waals surface area contributed by atoms with E-state index in [0.717, 1.165) is 51.0 Å². The minimum absolute atomic E-state index is 0.536. The molecule has 2 fully saturated rings. The monoisotopic (exact) mass is 348 g/mol. The molecular weight excluding hydrogens is 324 g/mol. The van der Waals surface area contributed by atoms with Gasteiger partial charge < -0.3 is 4.42 Å². The third-order valence-corrected chi connectivity index (χ3v) is 5.51. The van der Waals surface area contributed by atoms with Gasteiger partial charge in [-0.3, -0.25) is 9.80 Å². The smallest absolute Gasteiger partial charge is 0.230 e. The maximum atomic E-state index is 5.80. The zero-order valence-electron chi connectivity index (χ0n) is 15.0. The van der Waals surface area contributed by atoms with Gasteiger partial charge in [0, 0.05) is 38.6 Å². The molecule has 2 heterocycles. The molecule has 2 aromatic carbocycles. The van der Waals surface area contributed by atoms with Gasteiger partial charge in [0.1, 0.15) is 0 Å². The minimum Gasteiger partial charge on any atom is -0.424 e. The normalized spacial score (nSPS) is 19.2. The Morgan fingerprint density at radius 2 is 1.58 bits per heavy atom. The molecule has 5 nitrogen and oxygen atoms in total. The predicted molar refractivity (Wildman–Crippen MR) is 101 cm³/mol. The zero-order valence-corrected chi connectivity index (χ0v) is 15.0. The van der Waals surface area contributed by atoms with Gasteiger partial charge in [-0.25, -0.2) is 0 Å². The van der Waals surface area contributed by atoms with Gasteiger partial charge in [0.05, 0.1) is 6.54 Å². The van der Waals surface area contributed by atoms with Crippen molar-refractivity contribution in [3.05, 3.63) is 59.8 Å². The van der Waals surface area contributed by atoms with Gasteiger partial charge in [0.15, 0.2) is 0 Å². The van der Waals surface area contributed by atoms with Crippen LogP contribution in [0.2, 0.25) is 0 Å². The van der Waals surface area contributed by atoms with Gasteiger partial charge in [0.2, 0.25) is 11.8 Å². The summed E-state index contributed by atoms with van der Waals surface area (Å²) in [6, 6.07) is 15.3. The second-order valence-corrected chi connectivity index (χ2v) is 7.50. The third-order valence-electron chi connectivity index (χ3n) is 5.51. The molecule has 1 aliphatic carbocycles. The molecule has 0 spiro atoms. The highest BCUT2D eigenvalue weighted by Crippen LogP contribution is 2.39. The molecule has 1 saturated carbocycles. The van der Waals surface area contributed by atoms with Crippen LogP contribution in [-0.4, -0.2) is 46.2 Å². The molecule has 0 atom stereocenters. The molecule has 0 unspecified atom stereocenters. The molecule has 0 amide bonds. The number of aromatic nitrogens is 2. The standard InChI is InChI=1S/C21H24N4O/c1-2-7-19-16(4-1)5-3-6-18(19)14-24-10-12-25(13-11-24)15-20-22-23-21(26-20)17-8-9-17/h1-7,17H,8-15H2. The molecule has 5 rings (SSSR count). The van der Waals surface area contributed by atoms with E-state index in [2.05, 4.69) is 62.5 Å². The lowest BCUT2D eigenvalue weighted by molar-refractivity contribution is 0.114. The van der Waals surface area contributed by atoms with Crippen LogP contribution in [0.3, 0.4) is 0 Å². The molecule has 1 aliphatic heterocycles. The van der Waals surface area contributed by atoms with Crippen molar-refractivity contribution in [2.45, 2.75) is 31.8 Å². The molecule has 0 bridgehead atoms. The summed E-state index contributed by atoms with van der Waals surface area (Å²) in [5.41, 5.74) is 1.42. The summed E-state index contributed by atoms with van der Waals surface area (Å²) < 4.78 is 5.80. The second-order valence-electron chi connectivity index (χ2n) is 7.50. The summed E-state index contributed by atoms with van der Waals surface area (Å²) in [5.74, 6) is 2.15. The van der Waals surface area contributed by atoms with Crippen LogP contribution < -0.4 is 0 Å². The number of piperazine rings is 1. The summed E-state index contributed by atoms with van der Waals surface area (Å²) in [4.78, 5) is 4.96. The van der Waals surface area contributed by atoms with Crippen molar-refractivity contribution in [3.63, 3.8) is 0 Å². The summed E-state index contributed by atoms with van der Waals surface area (Å²) in [5, 5.41) is 11.1. The van der Waals surface area contributed by atoms with Gasteiger partial charge in [-0.2, -0.15) is 0 Å². The van der Waals surface area contributed by atoms with Crippen molar-refractivity contribution in [1.82, 2.24) is 20.0 Å². The number of nitrogens with zero attached hydrogens (tertiary/aromatic N) is 4. The largest absolute Gasteiger partial charge is 0.424 e. The van der Waals surface area contributed by atoms with E-state index in [1.165, 1.54) is 29.2 Å². The minimum atomic E-state index is 0.536. The number of hydrogen-bond donors (Lipinski definition) is 0. The highest BCUT2D eigenvalue weighted by molar-refractivity contribution is 5.85. The van der Waals surface area contributed by atoms with Crippen LogP contribution >= 0.6 is 0 Å². The Kier molecular flexibility index (Phi) is 4.19. The van der Waals surface area contributed by atoms with E-state index >= 15 is 0 Å². The lowest BCUT2D eigenvalue weighted by atomic mass is 10.0. The van der Waals surface area contributed by atoms with Crippen LogP contribution in [0.1, 0.15) is 36.1 Å². The van der Waals surface area contributed by atoms with Crippen LogP contribution in [0.5, 0.6) is 0 Å². The summed E-state index contributed by atoms with van der Waals surface area (Å²) in [7, 11) is 0. The van der Waals surface area contributed by atoms with Crippen LogP contribution in [0, 0.1) is 0 Å². The van der Waals surface area contributed by atoms with Crippen molar-refractivity contribution >= 4 is 10.8 Å². The van der Waals surface area contributed by atoms with Gasteiger partial charge in [-0.05, 0) is 29.2 Å². The fourth-order valence-corrected chi connectivity index (χ4v) is 3.79. The molecule has 2 aliphatic rings. The molecule has 3 aromatic rings. The Bertz CT molecular complexity index is 888. The average Bonchev–Trinajstić information content (AvgIpc) is 3.43. The van der Waals surface area contributed by atoms with Gasteiger partial charge in [0.25, 0.3) is 0 Å². The SMILES string of the molecule is c1ccc2c(CN3CCN(Cc4nnc(C5CC5)o4)CC3)cccc2c1. The first-order valence-corrected chi connectivity index (χ1v) is 9.59. The van der Waals surface area contributed by atoms with Gasteiger partial charge in [-0.1, -0.05) is 42.5 Å². The van der Waals surface area contributed by atoms with E-state index in [0.29, 0.717) is 5.92 Å². The van der Waals surface area contributed by atoms with Crippen molar-refractivity contribution < 1.29 is 4.42 Å². The van der Waals surface area contributed by atoms with Crippen molar-refractivity contribution in [2.24, 2.45) is 0 Å². The third kappa shape index (κ3) is 3.37. The Labute approximate surface area is 153 Å². The van der Waals surface area contributed by atoms with Crippen LogP contribution in [0.15, 0.2) is 46.9 Å². The first kappa shape index (κ1) is 16.0. The van der Waals surface area contributed by atoms with Crippen LogP contribution in [-0.2, 0) is 13.1 Å². The molecule has 0 N–H and O–H groups in total. The Balaban J connectivity index is 1.18. The quantitative estimate of drug-likeness (QED) is 0.707. The number of benzene rings is 2. The van der Waals surface area contributed by atoms with Crippen molar-refractivity contribution in [1.29, 1.82) is 0 Å². The molecule has 134 valence electrons. The number of fused-ring (bicyclic) bond motifs is 1. The first-order chi connectivity index (χ1) is 12.8. The van der Waals surface area contributed by atoms with Crippen molar-refractivity contribution in [3.8, 4) is 0 Å². The van der Waals surface area contributed by atoms with E-state index in [4.69, 9.17) is 4.42 Å². The maximum Gasteiger partial charge on any atom is 0.230 e. The lowest BCUT2D eigenvalue weighted by Gasteiger charge is -2.34. The Morgan fingerprint density at radius 1 is 0.846 bits per heavy atom. The summed E-state index contributed by atoms with van der Waals surface area (Å²) in [6.07, 6.45) is 2.41. The van der Waals surface area contributed by atoms with Gasteiger partial charge in [-0.15, -0.1) is 10.2 Å². The summed E-state index contributed by atoms with van der Waals surface area (Å²) >= 11 is 0. The van der Waals surface area contributed by atoms with Crippen LogP contribution in [0.4, 0.5) is 0 Å². The topological polar surface area (TPSA) is 45.4 Å². The lowest BCUT2D eigenvalue weighted by Crippen LogP contribution is -2.45. The van der Waals surface area contributed by atoms with E-state index in [1.807, 2.05) is 0 Å². The molecule has 0 radical (unpaired) electrons. The number of rotatable bonds is 5. The van der Waals surface area contributed by atoms with Gasteiger partial charge >= 0.3 is 0 Å². The fraction of sp³-hybridized carbons (Fsp3) is 0.429. The highest BCUT2D eigenvalue weighted by Gasteiger charge is 2.29. The first-order valence-electron chi connectivity index (χ1n) is 9.59. The van der Waals surface area contributed by atoms with Crippen molar-refractivity contribution in [2.75, 3.05) is 26.2 Å². The molecule has 1 aromatic heterocycles. The van der Waals surface area contributed by atoms with E-state index in [9.17, 15) is 0 Å². The molecule has 1 saturated heterocycles. The molecule has 5 heteroatoms. The second kappa shape index (κ2) is 6.82. The fourth-order valence-electron chi connectivity index (χ4n) is 3.79. The van der Waals surface area contributed by atoms with E-state index in [-0.39, 0.29) is 0 Å². The number of hydrogen-bond acceptors (Lipinski definition) is 5. The maximum absolute atomic E-state index is 5.80. The van der Waals surface area contributed by atoms with E-state index in [1.54, 1.807) is 0 Å². The molecule has 26 heavy (non-hydrogen) atoms. The predicted octanol–water partition coefficient (Wildman–Crippen LogP) is 3.42. The molecular formula is C21H24N4O.